The van der Waals surface area contributed by atoms with Gasteiger partial charge in [-0.3, -0.25) is 4.79 Å². The third-order valence-electron chi connectivity index (χ3n) is 2.62. The second-order valence-corrected chi connectivity index (χ2v) is 4.26. The van der Waals surface area contributed by atoms with Crippen molar-refractivity contribution in [3.05, 3.63) is 47.3 Å². The molecule has 2 rings (SSSR count). The fourth-order valence-corrected chi connectivity index (χ4v) is 1.70. The Bertz CT molecular complexity index is 563. The number of rotatable bonds is 5. The molecule has 2 aromatic rings. The summed E-state index contributed by atoms with van der Waals surface area (Å²) in [4.78, 5) is 11.9. The van der Waals surface area contributed by atoms with Crippen molar-refractivity contribution in [2.24, 2.45) is 0 Å². The van der Waals surface area contributed by atoms with Crippen molar-refractivity contribution >= 4 is 11.6 Å². The van der Waals surface area contributed by atoms with E-state index in [9.17, 15) is 4.79 Å². The van der Waals surface area contributed by atoms with E-state index in [1.807, 2.05) is 24.3 Å². The summed E-state index contributed by atoms with van der Waals surface area (Å²) in [5.74, 6) is 0.350. The van der Waals surface area contributed by atoms with Crippen molar-refractivity contribution in [3.8, 4) is 0 Å². The van der Waals surface area contributed by atoms with Crippen LogP contribution in [0, 0.1) is 6.92 Å². The van der Waals surface area contributed by atoms with E-state index in [1.165, 1.54) is 0 Å². The van der Waals surface area contributed by atoms with Gasteiger partial charge >= 0.3 is 0 Å². The normalized spacial score (nSPS) is 10.4. The molecule has 100 valence electrons. The second kappa shape index (κ2) is 6.15. The molecule has 0 saturated heterocycles. The summed E-state index contributed by atoms with van der Waals surface area (Å²) in [6, 6.07) is 9.32. The first-order valence-electron chi connectivity index (χ1n) is 6.23. The maximum absolute atomic E-state index is 11.9. The highest BCUT2D eigenvalue weighted by molar-refractivity contribution is 6.02. The van der Waals surface area contributed by atoms with Gasteiger partial charge in [0.15, 0.2) is 5.69 Å². The molecule has 0 unspecified atom stereocenters. The Hall–Kier alpha value is -2.14. The predicted molar refractivity (Wildman–Crippen MR) is 73.0 cm³/mol. The molecule has 1 aromatic carbocycles. The van der Waals surface area contributed by atoms with Gasteiger partial charge in [0.1, 0.15) is 5.76 Å². The zero-order valence-electron chi connectivity index (χ0n) is 11.1. The lowest BCUT2D eigenvalue weighted by Crippen LogP contribution is -2.14. The molecule has 0 radical (unpaired) electrons. The number of carbonyl (C=O) groups excluding carboxylic acids is 1. The first-order chi connectivity index (χ1) is 9.19. The number of aromatic nitrogens is 1. The van der Waals surface area contributed by atoms with Crippen LogP contribution < -0.4 is 10.6 Å². The van der Waals surface area contributed by atoms with Crippen LogP contribution in [0.25, 0.3) is 0 Å². The highest BCUT2D eigenvalue weighted by Crippen LogP contribution is 2.12. The molecule has 0 aliphatic rings. The van der Waals surface area contributed by atoms with Crippen molar-refractivity contribution in [2.45, 2.75) is 20.4 Å². The topological polar surface area (TPSA) is 67.2 Å². The van der Waals surface area contributed by atoms with Crippen LogP contribution in [0.15, 0.2) is 34.9 Å². The summed E-state index contributed by atoms with van der Waals surface area (Å²) in [5, 5.41) is 9.72. The van der Waals surface area contributed by atoms with E-state index in [1.54, 1.807) is 13.0 Å². The van der Waals surface area contributed by atoms with Crippen LogP contribution >= 0.6 is 0 Å². The maximum atomic E-state index is 11.9. The number of anilines is 1. The number of benzene rings is 1. The Morgan fingerprint density at radius 2 is 2.21 bits per heavy atom. The number of hydrogen-bond donors (Lipinski definition) is 2. The van der Waals surface area contributed by atoms with Gasteiger partial charge in [-0.25, -0.2) is 0 Å². The minimum absolute atomic E-state index is 0.266. The van der Waals surface area contributed by atoms with Gasteiger partial charge < -0.3 is 15.2 Å². The predicted octanol–water partition coefficient (Wildman–Crippen LogP) is 2.34. The number of hydrogen-bond acceptors (Lipinski definition) is 4. The molecule has 0 saturated carbocycles. The van der Waals surface area contributed by atoms with Gasteiger partial charge in [0.2, 0.25) is 0 Å². The average molecular weight is 259 g/mol. The lowest BCUT2D eigenvalue weighted by atomic mass is 10.2. The van der Waals surface area contributed by atoms with Gasteiger partial charge in [-0.05, 0) is 31.2 Å². The van der Waals surface area contributed by atoms with Crippen LogP contribution in [0.5, 0.6) is 0 Å². The van der Waals surface area contributed by atoms with Crippen LogP contribution in [0.1, 0.15) is 28.7 Å². The fraction of sp³-hybridized carbons (Fsp3) is 0.286. The van der Waals surface area contributed by atoms with Crippen LogP contribution in [0.2, 0.25) is 0 Å². The fourth-order valence-electron chi connectivity index (χ4n) is 1.70. The van der Waals surface area contributed by atoms with Crippen LogP contribution in [-0.4, -0.2) is 17.6 Å². The zero-order valence-corrected chi connectivity index (χ0v) is 11.1. The van der Waals surface area contributed by atoms with E-state index in [4.69, 9.17) is 4.52 Å². The van der Waals surface area contributed by atoms with Gasteiger partial charge in [0, 0.05) is 18.3 Å². The van der Waals surface area contributed by atoms with Crippen molar-refractivity contribution in [1.29, 1.82) is 0 Å². The van der Waals surface area contributed by atoms with Gasteiger partial charge in [0.05, 0.1) is 0 Å². The highest BCUT2D eigenvalue weighted by atomic mass is 16.5. The highest BCUT2D eigenvalue weighted by Gasteiger charge is 2.11. The first kappa shape index (κ1) is 13.3. The molecule has 5 heteroatoms. The molecule has 1 amide bonds. The van der Waals surface area contributed by atoms with Crippen LogP contribution in [-0.2, 0) is 6.54 Å². The first-order valence-corrected chi connectivity index (χ1v) is 6.23. The molecule has 0 fully saturated rings. The van der Waals surface area contributed by atoms with Crippen molar-refractivity contribution in [1.82, 2.24) is 10.5 Å². The largest absolute Gasteiger partial charge is 0.361 e. The number of carbonyl (C=O) groups is 1. The lowest BCUT2D eigenvalue weighted by molar-refractivity contribution is 0.101. The van der Waals surface area contributed by atoms with E-state index in [0.29, 0.717) is 5.76 Å². The second-order valence-electron chi connectivity index (χ2n) is 4.26. The molecule has 1 heterocycles. The van der Waals surface area contributed by atoms with Gasteiger partial charge in [-0.15, -0.1) is 0 Å². The van der Waals surface area contributed by atoms with E-state index in [-0.39, 0.29) is 11.6 Å². The Kier molecular flexibility index (Phi) is 4.30. The third-order valence-corrected chi connectivity index (χ3v) is 2.62. The smallest absolute Gasteiger partial charge is 0.277 e. The molecule has 5 nitrogen and oxygen atoms in total. The van der Waals surface area contributed by atoms with Crippen molar-refractivity contribution in [2.75, 3.05) is 11.9 Å². The maximum Gasteiger partial charge on any atom is 0.277 e. The summed E-state index contributed by atoms with van der Waals surface area (Å²) in [6.45, 7) is 5.50. The standard InChI is InChI=1S/C14H17N3O2/c1-3-15-9-11-5-4-6-12(8-11)16-14(18)13-7-10(2)19-17-13/h4-8,15H,3,9H2,1-2H3,(H,16,18). The van der Waals surface area contributed by atoms with Crippen LogP contribution in [0.3, 0.4) is 0 Å². The summed E-state index contributed by atoms with van der Waals surface area (Å²) in [5.41, 5.74) is 2.16. The molecule has 0 atom stereocenters. The van der Waals surface area contributed by atoms with Gasteiger partial charge in [-0.1, -0.05) is 24.2 Å². The molecule has 2 N–H and O–H groups in total. The molecular weight excluding hydrogens is 242 g/mol. The summed E-state index contributed by atoms with van der Waals surface area (Å²) in [6.07, 6.45) is 0. The summed E-state index contributed by atoms with van der Waals surface area (Å²) in [7, 11) is 0. The average Bonchev–Trinajstić information content (AvgIpc) is 2.83. The molecule has 19 heavy (non-hydrogen) atoms. The Balaban J connectivity index is 2.04. The number of nitrogens with one attached hydrogen (secondary N) is 2. The van der Waals surface area contributed by atoms with Crippen LogP contribution in [0.4, 0.5) is 5.69 Å². The molecular formula is C14H17N3O2. The number of aryl methyl sites for hydroxylation is 1. The van der Waals surface area contributed by atoms with E-state index in [2.05, 4.69) is 22.7 Å². The van der Waals surface area contributed by atoms with E-state index < -0.39 is 0 Å². The monoisotopic (exact) mass is 259 g/mol. The molecule has 0 aliphatic carbocycles. The number of amides is 1. The molecule has 0 aliphatic heterocycles. The summed E-state index contributed by atoms with van der Waals surface area (Å²) >= 11 is 0. The minimum Gasteiger partial charge on any atom is -0.361 e. The summed E-state index contributed by atoms with van der Waals surface area (Å²) < 4.78 is 4.88. The Morgan fingerprint density at radius 3 is 2.89 bits per heavy atom. The van der Waals surface area contributed by atoms with Gasteiger partial charge in [0.25, 0.3) is 5.91 Å². The van der Waals surface area contributed by atoms with E-state index in [0.717, 1.165) is 24.3 Å². The lowest BCUT2D eigenvalue weighted by Gasteiger charge is -2.06. The number of nitrogens with zero attached hydrogens (tertiary/aromatic N) is 1. The van der Waals surface area contributed by atoms with E-state index >= 15 is 0 Å². The zero-order chi connectivity index (χ0) is 13.7. The SMILES string of the molecule is CCNCc1cccc(NC(=O)c2cc(C)on2)c1. The Morgan fingerprint density at radius 1 is 1.37 bits per heavy atom. The molecule has 1 aromatic heterocycles. The molecule has 0 bridgehead atoms. The third kappa shape index (κ3) is 3.66. The Labute approximate surface area is 112 Å². The minimum atomic E-state index is -0.266. The van der Waals surface area contributed by atoms with Crippen molar-refractivity contribution < 1.29 is 9.32 Å². The quantitative estimate of drug-likeness (QED) is 0.865. The van der Waals surface area contributed by atoms with Crippen molar-refractivity contribution in [3.63, 3.8) is 0 Å². The van der Waals surface area contributed by atoms with Gasteiger partial charge in [-0.2, -0.15) is 0 Å². The molecule has 0 spiro atoms.